The lowest BCUT2D eigenvalue weighted by Crippen LogP contribution is -2.19. The summed E-state index contributed by atoms with van der Waals surface area (Å²) in [7, 11) is 0. The van der Waals surface area contributed by atoms with Gasteiger partial charge < -0.3 is 0 Å². The molecular formula is C15H6F5N5O. The van der Waals surface area contributed by atoms with Gasteiger partial charge in [-0.15, -0.1) is 5.10 Å². The molecule has 6 nitrogen and oxygen atoms in total. The summed E-state index contributed by atoms with van der Waals surface area (Å²) in [4.78, 5) is 19.6. The molecule has 0 bridgehead atoms. The molecule has 4 rings (SSSR count). The lowest BCUT2D eigenvalue weighted by atomic mass is 10.2. The quantitative estimate of drug-likeness (QED) is 0.486. The topological polar surface area (TPSA) is 65.1 Å². The minimum absolute atomic E-state index is 0.0434. The Morgan fingerprint density at radius 2 is 1.81 bits per heavy atom. The monoisotopic (exact) mass is 367 g/mol. The molecule has 0 aliphatic rings. The molecule has 0 atom stereocenters. The fourth-order valence-corrected chi connectivity index (χ4v) is 2.48. The average molecular weight is 367 g/mol. The third-order valence-corrected chi connectivity index (χ3v) is 3.67. The van der Waals surface area contributed by atoms with Crippen molar-refractivity contribution in [1.29, 1.82) is 0 Å². The third kappa shape index (κ3) is 2.39. The van der Waals surface area contributed by atoms with E-state index in [4.69, 9.17) is 0 Å². The second kappa shape index (κ2) is 5.31. The average Bonchev–Trinajstić information content (AvgIpc) is 3.03. The van der Waals surface area contributed by atoms with Crippen molar-refractivity contribution in [3.05, 3.63) is 64.5 Å². The fourth-order valence-electron chi connectivity index (χ4n) is 2.48. The molecule has 0 spiro atoms. The maximum absolute atomic E-state index is 13.4. The van der Waals surface area contributed by atoms with E-state index in [2.05, 4.69) is 15.1 Å². The molecule has 1 aromatic carbocycles. The SMILES string of the molecule is O=c1c2cnc3nc(C(F)(F)F)nn3c2ccn1-c1ccc(F)c(F)c1. The van der Waals surface area contributed by atoms with Crippen LogP contribution < -0.4 is 5.56 Å². The summed E-state index contributed by atoms with van der Waals surface area (Å²) < 4.78 is 66.6. The largest absolute Gasteiger partial charge is 0.453 e. The van der Waals surface area contributed by atoms with Gasteiger partial charge in [0.1, 0.15) is 0 Å². The maximum Gasteiger partial charge on any atom is 0.453 e. The van der Waals surface area contributed by atoms with E-state index in [1.807, 2.05) is 0 Å². The Morgan fingerprint density at radius 1 is 1.04 bits per heavy atom. The molecule has 0 radical (unpaired) electrons. The van der Waals surface area contributed by atoms with Gasteiger partial charge in [0.2, 0.25) is 0 Å². The van der Waals surface area contributed by atoms with E-state index in [-0.39, 0.29) is 22.4 Å². The molecule has 0 unspecified atom stereocenters. The van der Waals surface area contributed by atoms with Gasteiger partial charge in [-0.25, -0.2) is 13.8 Å². The summed E-state index contributed by atoms with van der Waals surface area (Å²) in [5, 5.41) is 3.28. The van der Waals surface area contributed by atoms with Crippen LogP contribution in [0.5, 0.6) is 0 Å². The lowest BCUT2D eigenvalue weighted by Gasteiger charge is -2.08. The van der Waals surface area contributed by atoms with E-state index in [1.54, 1.807) is 0 Å². The van der Waals surface area contributed by atoms with Gasteiger partial charge in [0, 0.05) is 18.5 Å². The van der Waals surface area contributed by atoms with Crippen LogP contribution in [0.1, 0.15) is 5.82 Å². The normalized spacial score (nSPS) is 12.2. The van der Waals surface area contributed by atoms with Crippen LogP contribution in [0.2, 0.25) is 0 Å². The summed E-state index contributed by atoms with van der Waals surface area (Å²) in [6.07, 6.45) is -2.50. The van der Waals surface area contributed by atoms with Gasteiger partial charge in [0.25, 0.3) is 17.2 Å². The Labute approximate surface area is 140 Å². The van der Waals surface area contributed by atoms with Gasteiger partial charge in [0.15, 0.2) is 11.6 Å². The zero-order valence-electron chi connectivity index (χ0n) is 12.5. The Kier molecular flexibility index (Phi) is 3.29. The number of halogens is 5. The Balaban J connectivity index is 1.97. The van der Waals surface area contributed by atoms with E-state index in [1.165, 1.54) is 18.3 Å². The minimum atomic E-state index is -4.76. The van der Waals surface area contributed by atoms with Gasteiger partial charge in [-0.2, -0.15) is 22.7 Å². The van der Waals surface area contributed by atoms with Gasteiger partial charge in [-0.1, -0.05) is 0 Å². The summed E-state index contributed by atoms with van der Waals surface area (Å²) in [6.45, 7) is 0. The molecule has 0 N–H and O–H groups in total. The number of benzene rings is 1. The molecule has 11 heteroatoms. The van der Waals surface area contributed by atoms with Crippen molar-refractivity contribution in [2.45, 2.75) is 6.18 Å². The fraction of sp³-hybridized carbons (Fsp3) is 0.0667. The van der Waals surface area contributed by atoms with Crippen molar-refractivity contribution in [1.82, 2.24) is 24.1 Å². The van der Waals surface area contributed by atoms with Crippen LogP contribution in [0.15, 0.2) is 41.5 Å². The Morgan fingerprint density at radius 3 is 2.50 bits per heavy atom. The predicted octanol–water partition coefficient (Wildman–Crippen LogP) is 2.73. The van der Waals surface area contributed by atoms with Crippen LogP contribution in [0.4, 0.5) is 22.0 Å². The minimum Gasteiger partial charge on any atom is -0.284 e. The Bertz CT molecular complexity index is 1230. The number of hydrogen-bond donors (Lipinski definition) is 0. The van der Waals surface area contributed by atoms with Crippen LogP contribution in [-0.2, 0) is 6.18 Å². The molecule has 4 aromatic rings. The molecule has 0 fully saturated rings. The maximum atomic E-state index is 13.4. The first-order valence-corrected chi connectivity index (χ1v) is 7.05. The molecule has 0 saturated heterocycles. The van der Waals surface area contributed by atoms with Crippen LogP contribution in [-0.4, -0.2) is 24.1 Å². The molecule has 3 heterocycles. The van der Waals surface area contributed by atoms with Gasteiger partial charge in [0.05, 0.1) is 16.6 Å². The van der Waals surface area contributed by atoms with Crippen LogP contribution >= 0.6 is 0 Å². The second-order valence-electron chi connectivity index (χ2n) is 5.29. The number of rotatable bonds is 1. The molecular weight excluding hydrogens is 361 g/mol. The van der Waals surface area contributed by atoms with E-state index < -0.39 is 29.2 Å². The van der Waals surface area contributed by atoms with Crippen molar-refractivity contribution in [2.75, 3.05) is 0 Å². The molecule has 3 aromatic heterocycles. The number of hydrogen-bond acceptors (Lipinski definition) is 4. The lowest BCUT2D eigenvalue weighted by molar-refractivity contribution is -0.144. The summed E-state index contributed by atoms with van der Waals surface area (Å²) in [5.41, 5.74) is -0.598. The summed E-state index contributed by atoms with van der Waals surface area (Å²) in [6, 6.07) is 4.18. The van der Waals surface area contributed by atoms with E-state index >= 15 is 0 Å². The predicted molar refractivity (Wildman–Crippen MR) is 78.8 cm³/mol. The van der Waals surface area contributed by atoms with Crippen molar-refractivity contribution in [3.63, 3.8) is 0 Å². The van der Waals surface area contributed by atoms with Crippen molar-refractivity contribution in [3.8, 4) is 5.69 Å². The van der Waals surface area contributed by atoms with E-state index in [0.29, 0.717) is 0 Å². The van der Waals surface area contributed by atoms with Gasteiger partial charge in [-0.05, 0) is 18.2 Å². The standard InChI is InChI=1S/C15H6F5N5O/c16-9-2-1-7(5-10(9)17)24-4-3-11-8(12(24)26)6-21-14-22-13(15(18,19)20)23-25(11)14/h1-6H. The van der Waals surface area contributed by atoms with Crippen molar-refractivity contribution >= 4 is 16.7 Å². The van der Waals surface area contributed by atoms with Crippen LogP contribution in [0, 0.1) is 11.6 Å². The molecule has 0 saturated carbocycles. The van der Waals surface area contributed by atoms with E-state index in [9.17, 15) is 26.7 Å². The first-order chi connectivity index (χ1) is 12.3. The van der Waals surface area contributed by atoms with E-state index in [0.717, 1.165) is 27.4 Å². The highest BCUT2D eigenvalue weighted by Crippen LogP contribution is 2.26. The van der Waals surface area contributed by atoms with Crippen molar-refractivity contribution < 1.29 is 22.0 Å². The molecule has 0 aliphatic carbocycles. The molecule has 0 aliphatic heterocycles. The number of aromatic nitrogens is 5. The second-order valence-corrected chi connectivity index (χ2v) is 5.29. The Hall–Kier alpha value is -3.37. The highest BCUT2D eigenvalue weighted by atomic mass is 19.4. The molecule has 26 heavy (non-hydrogen) atoms. The van der Waals surface area contributed by atoms with Crippen molar-refractivity contribution in [2.24, 2.45) is 0 Å². The highest BCUT2D eigenvalue weighted by Gasteiger charge is 2.36. The first-order valence-electron chi connectivity index (χ1n) is 7.05. The first kappa shape index (κ1) is 16.1. The zero-order valence-corrected chi connectivity index (χ0v) is 12.5. The summed E-state index contributed by atoms with van der Waals surface area (Å²) in [5.74, 6) is -3.93. The van der Waals surface area contributed by atoms with Crippen LogP contribution in [0.3, 0.4) is 0 Å². The number of fused-ring (bicyclic) bond motifs is 3. The molecule has 0 amide bonds. The number of nitrogens with zero attached hydrogens (tertiary/aromatic N) is 5. The highest BCUT2D eigenvalue weighted by molar-refractivity contribution is 5.78. The number of alkyl halides is 3. The molecule has 132 valence electrons. The van der Waals surface area contributed by atoms with Gasteiger partial charge in [-0.3, -0.25) is 9.36 Å². The zero-order chi connectivity index (χ0) is 18.6. The smallest absolute Gasteiger partial charge is 0.284 e. The third-order valence-electron chi connectivity index (χ3n) is 3.67. The van der Waals surface area contributed by atoms with Crippen LogP contribution in [0.25, 0.3) is 22.4 Å². The van der Waals surface area contributed by atoms with Gasteiger partial charge >= 0.3 is 6.18 Å². The summed E-state index contributed by atoms with van der Waals surface area (Å²) >= 11 is 0. The number of pyridine rings is 1.